The third kappa shape index (κ3) is 5.18. The van der Waals surface area contributed by atoms with Crippen molar-refractivity contribution < 1.29 is 4.79 Å². The van der Waals surface area contributed by atoms with Gasteiger partial charge in [-0.3, -0.25) is 22.0 Å². The van der Waals surface area contributed by atoms with Crippen LogP contribution in [0.2, 0.25) is 0 Å². The molecular formula is C3H11N5O. The molecule has 0 saturated carbocycles. The van der Waals surface area contributed by atoms with Gasteiger partial charge in [0.25, 0.3) is 0 Å². The molecule has 0 atom stereocenters. The van der Waals surface area contributed by atoms with Gasteiger partial charge in [-0.1, -0.05) is 0 Å². The number of hydrogen-bond donors (Lipinski definition) is 5. The molecule has 0 spiro atoms. The summed E-state index contributed by atoms with van der Waals surface area (Å²) in [6, 6.07) is 0. The van der Waals surface area contributed by atoms with Crippen LogP contribution < -0.4 is 28.3 Å². The molecule has 0 aromatic heterocycles. The quantitative estimate of drug-likeness (QED) is 0.250. The van der Waals surface area contributed by atoms with Gasteiger partial charge in [-0.15, -0.1) is 0 Å². The van der Waals surface area contributed by atoms with Gasteiger partial charge in [-0.2, -0.15) is 0 Å². The maximum Gasteiger partial charge on any atom is 0.237 e. The van der Waals surface area contributed by atoms with Crippen LogP contribution >= 0.6 is 0 Å². The second kappa shape index (κ2) is 2.74. The molecule has 0 saturated heterocycles. The first-order valence-corrected chi connectivity index (χ1v) is 2.33. The lowest BCUT2D eigenvalue weighted by atomic mass is 10.5. The van der Waals surface area contributed by atoms with Gasteiger partial charge >= 0.3 is 0 Å². The summed E-state index contributed by atoms with van der Waals surface area (Å²) in [6.45, 7) is -0.173. The molecule has 0 unspecified atom stereocenters. The van der Waals surface area contributed by atoms with E-state index in [4.69, 9.17) is 22.9 Å². The molecule has 0 radical (unpaired) electrons. The Kier molecular flexibility index (Phi) is 2.53. The Bertz CT molecular complexity index is 105. The van der Waals surface area contributed by atoms with E-state index in [1.807, 2.05) is 5.32 Å². The van der Waals surface area contributed by atoms with Crippen molar-refractivity contribution in [1.82, 2.24) is 5.32 Å². The van der Waals surface area contributed by atoms with Gasteiger partial charge in [0.15, 0.2) is 5.91 Å². The lowest BCUT2D eigenvalue weighted by Crippen LogP contribution is -2.70. The zero-order valence-corrected chi connectivity index (χ0v) is 4.92. The molecule has 6 heteroatoms. The standard InChI is InChI=1S/C3H11N5O/c4-1-2(9)8-3(5,6)7/h1,4-7H2,(H,8,9). The van der Waals surface area contributed by atoms with E-state index in [1.165, 1.54) is 0 Å². The zero-order chi connectivity index (χ0) is 7.49. The van der Waals surface area contributed by atoms with Crippen molar-refractivity contribution in [1.29, 1.82) is 0 Å². The Balaban J connectivity index is 3.60. The summed E-state index contributed by atoms with van der Waals surface area (Å²) in [5, 5.41) is 2.04. The predicted molar refractivity (Wildman–Crippen MR) is 32.5 cm³/mol. The average Bonchev–Trinajstić information content (AvgIpc) is 1.62. The van der Waals surface area contributed by atoms with Crippen LogP contribution in [-0.2, 0) is 4.79 Å². The highest BCUT2D eigenvalue weighted by Crippen LogP contribution is 1.66. The molecule has 9 heavy (non-hydrogen) atoms. The average molecular weight is 133 g/mol. The number of nitrogens with two attached hydrogens (primary N) is 4. The molecule has 0 aliphatic rings. The molecule has 0 aromatic rings. The van der Waals surface area contributed by atoms with Crippen molar-refractivity contribution in [2.45, 2.75) is 5.91 Å². The highest BCUT2D eigenvalue weighted by Gasteiger charge is 2.12. The predicted octanol–water partition coefficient (Wildman–Crippen LogP) is -3.45. The topological polar surface area (TPSA) is 133 Å². The lowest BCUT2D eigenvalue weighted by molar-refractivity contribution is -0.121. The van der Waals surface area contributed by atoms with Crippen LogP contribution in [-0.4, -0.2) is 18.4 Å². The first kappa shape index (κ1) is 8.31. The number of carbonyl (C=O) groups is 1. The van der Waals surface area contributed by atoms with Crippen LogP contribution in [0.3, 0.4) is 0 Å². The van der Waals surface area contributed by atoms with Gasteiger partial charge in [0.1, 0.15) is 0 Å². The summed E-state index contributed by atoms with van der Waals surface area (Å²) in [6.07, 6.45) is 0. The minimum absolute atomic E-state index is 0.173. The summed E-state index contributed by atoms with van der Waals surface area (Å²) < 4.78 is 0. The highest BCUT2D eigenvalue weighted by molar-refractivity contribution is 5.78. The normalized spacial score (nSPS) is 11.1. The molecule has 9 N–H and O–H groups in total. The van der Waals surface area contributed by atoms with Gasteiger partial charge < -0.3 is 11.1 Å². The minimum atomic E-state index is -1.66. The fourth-order valence-corrected chi connectivity index (χ4v) is 0.293. The Hall–Kier alpha value is -0.690. The lowest BCUT2D eigenvalue weighted by Gasteiger charge is -2.18. The van der Waals surface area contributed by atoms with E-state index in [9.17, 15) is 4.79 Å². The highest BCUT2D eigenvalue weighted by atomic mass is 16.2. The number of amides is 1. The van der Waals surface area contributed by atoms with Crippen LogP contribution in [0.15, 0.2) is 0 Å². The molecule has 0 aliphatic carbocycles. The number of hydrogen-bond acceptors (Lipinski definition) is 5. The van der Waals surface area contributed by atoms with E-state index < -0.39 is 11.8 Å². The van der Waals surface area contributed by atoms with Crippen molar-refractivity contribution >= 4 is 5.91 Å². The van der Waals surface area contributed by atoms with E-state index in [-0.39, 0.29) is 6.54 Å². The van der Waals surface area contributed by atoms with E-state index in [0.717, 1.165) is 0 Å². The molecule has 0 heterocycles. The second-order valence-corrected chi connectivity index (χ2v) is 1.69. The largest absolute Gasteiger partial charge is 0.322 e. The van der Waals surface area contributed by atoms with Crippen molar-refractivity contribution in [2.75, 3.05) is 6.54 Å². The third-order valence-corrected chi connectivity index (χ3v) is 0.541. The molecule has 0 fully saturated rings. The van der Waals surface area contributed by atoms with Gasteiger partial charge in [-0.25, -0.2) is 0 Å². The zero-order valence-electron chi connectivity index (χ0n) is 4.92. The first-order valence-electron chi connectivity index (χ1n) is 2.33. The van der Waals surface area contributed by atoms with E-state index in [0.29, 0.717) is 0 Å². The van der Waals surface area contributed by atoms with E-state index in [1.54, 1.807) is 0 Å². The Morgan fingerprint density at radius 2 is 1.89 bits per heavy atom. The summed E-state index contributed by atoms with van der Waals surface area (Å²) >= 11 is 0. The molecule has 54 valence electrons. The van der Waals surface area contributed by atoms with Crippen molar-refractivity contribution in [3.8, 4) is 0 Å². The summed E-state index contributed by atoms with van der Waals surface area (Å²) in [5.74, 6) is -2.14. The van der Waals surface area contributed by atoms with Crippen molar-refractivity contribution in [3.05, 3.63) is 0 Å². The monoisotopic (exact) mass is 133 g/mol. The fraction of sp³-hybridized carbons (Fsp3) is 0.667. The Morgan fingerprint density at radius 3 is 2.00 bits per heavy atom. The smallest absolute Gasteiger partial charge is 0.237 e. The SMILES string of the molecule is NCC(=O)NC(N)(N)N. The minimum Gasteiger partial charge on any atom is -0.322 e. The maximum absolute atomic E-state index is 10.4. The van der Waals surface area contributed by atoms with Crippen molar-refractivity contribution in [2.24, 2.45) is 22.9 Å². The number of rotatable bonds is 2. The van der Waals surface area contributed by atoms with Crippen LogP contribution in [0, 0.1) is 0 Å². The van der Waals surface area contributed by atoms with Gasteiger partial charge in [-0.05, 0) is 0 Å². The molecule has 6 nitrogen and oxygen atoms in total. The first-order chi connectivity index (χ1) is 3.95. The summed E-state index contributed by atoms with van der Waals surface area (Å²) in [7, 11) is 0. The molecule has 0 aromatic carbocycles. The van der Waals surface area contributed by atoms with Crippen LogP contribution in [0.25, 0.3) is 0 Å². The Labute approximate surface area is 52.5 Å². The number of carbonyl (C=O) groups excluding carboxylic acids is 1. The summed E-state index contributed by atoms with van der Waals surface area (Å²) in [4.78, 5) is 10.4. The maximum atomic E-state index is 10.4. The third-order valence-electron chi connectivity index (χ3n) is 0.541. The fourth-order valence-electron chi connectivity index (χ4n) is 0.293. The molecule has 0 rings (SSSR count). The molecule has 1 amide bonds. The van der Waals surface area contributed by atoms with Gasteiger partial charge in [0, 0.05) is 0 Å². The van der Waals surface area contributed by atoms with Crippen LogP contribution in [0.4, 0.5) is 0 Å². The van der Waals surface area contributed by atoms with Crippen molar-refractivity contribution in [3.63, 3.8) is 0 Å². The molecule has 0 bridgehead atoms. The summed E-state index contributed by atoms with van der Waals surface area (Å²) in [5.41, 5.74) is 19.8. The molecule has 0 aliphatic heterocycles. The van der Waals surface area contributed by atoms with Crippen LogP contribution in [0.1, 0.15) is 0 Å². The van der Waals surface area contributed by atoms with E-state index >= 15 is 0 Å². The van der Waals surface area contributed by atoms with E-state index in [2.05, 4.69) is 0 Å². The molecular weight excluding hydrogens is 122 g/mol. The second-order valence-electron chi connectivity index (χ2n) is 1.69. The number of nitrogens with one attached hydrogen (secondary N) is 1. The van der Waals surface area contributed by atoms with Gasteiger partial charge in [0.2, 0.25) is 5.91 Å². The Morgan fingerprint density at radius 1 is 1.44 bits per heavy atom. The van der Waals surface area contributed by atoms with Gasteiger partial charge in [0.05, 0.1) is 6.54 Å². The van der Waals surface area contributed by atoms with Crippen LogP contribution in [0.5, 0.6) is 0 Å².